The van der Waals surface area contributed by atoms with Crippen molar-refractivity contribution in [3.05, 3.63) is 40.9 Å². The van der Waals surface area contributed by atoms with E-state index < -0.39 is 0 Å². The molecule has 2 aliphatic rings. The van der Waals surface area contributed by atoms with Crippen LogP contribution >= 0.6 is 11.8 Å². The molecule has 0 bridgehead atoms. The molecule has 1 saturated heterocycles. The number of carbonyl (C=O) groups is 1. The maximum Gasteiger partial charge on any atom is 0.283 e. The van der Waals surface area contributed by atoms with Gasteiger partial charge in [-0.05, 0) is 25.3 Å². The minimum atomic E-state index is -0.0278. The van der Waals surface area contributed by atoms with E-state index >= 15 is 0 Å². The van der Waals surface area contributed by atoms with Crippen LogP contribution in [0, 0.1) is 0 Å². The fourth-order valence-electron chi connectivity index (χ4n) is 2.14. The maximum atomic E-state index is 12.6. The average Bonchev–Trinajstić information content (AvgIpc) is 3.22. The lowest BCUT2D eigenvalue weighted by molar-refractivity contribution is -0.114. The van der Waals surface area contributed by atoms with Crippen molar-refractivity contribution in [2.24, 2.45) is 5.10 Å². The fourth-order valence-corrected chi connectivity index (χ4v) is 3.02. The minimum absolute atomic E-state index is 0.0278. The smallest absolute Gasteiger partial charge is 0.283 e. The zero-order chi connectivity index (χ0) is 13.4. The van der Waals surface area contributed by atoms with E-state index in [0.717, 1.165) is 35.1 Å². The molecule has 1 aromatic carbocycles. The number of carbonyl (C=O) groups excluding carboxylic acids is 1. The minimum Gasteiger partial charge on any atom is -0.362 e. The van der Waals surface area contributed by atoms with Crippen LogP contribution < -0.4 is 5.01 Å². The van der Waals surface area contributed by atoms with Gasteiger partial charge in [0.1, 0.15) is 0 Å². The van der Waals surface area contributed by atoms with Crippen molar-refractivity contribution in [1.29, 1.82) is 0 Å². The summed E-state index contributed by atoms with van der Waals surface area (Å²) in [6.45, 7) is 3.97. The summed E-state index contributed by atoms with van der Waals surface area (Å²) in [7, 11) is 0. The summed E-state index contributed by atoms with van der Waals surface area (Å²) in [4.78, 5) is 14.8. The van der Waals surface area contributed by atoms with Crippen LogP contribution in [0.4, 0.5) is 5.69 Å². The Morgan fingerprint density at radius 3 is 2.53 bits per heavy atom. The first-order chi connectivity index (χ1) is 9.22. The Morgan fingerprint density at radius 2 is 1.95 bits per heavy atom. The first-order valence-corrected chi connectivity index (χ1v) is 7.43. The van der Waals surface area contributed by atoms with E-state index in [1.54, 1.807) is 11.8 Å². The summed E-state index contributed by atoms with van der Waals surface area (Å²) in [5, 5.41) is 6.94. The molecule has 0 unspecified atom stereocenters. The highest BCUT2D eigenvalue weighted by atomic mass is 32.2. The molecule has 2 aliphatic heterocycles. The summed E-state index contributed by atoms with van der Waals surface area (Å²) in [6.07, 6.45) is 2.01. The largest absolute Gasteiger partial charge is 0.362 e. The predicted octanol–water partition coefficient (Wildman–Crippen LogP) is 2.30. The zero-order valence-corrected chi connectivity index (χ0v) is 11.8. The van der Waals surface area contributed by atoms with Gasteiger partial charge in [0.05, 0.1) is 22.0 Å². The summed E-state index contributed by atoms with van der Waals surface area (Å²) in [5.74, 6) is -0.0278. The molecule has 2 heterocycles. The third-order valence-electron chi connectivity index (χ3n) is 3.16. The lowest BCUT2D eigenvalue weighted by Gasteiger charge is -2.13. The van der Waals surface area contributed by atoms with Crippen molar-refractivity contribution in [1.82, 2.24) is 4.90 Å². The van der Waals surface area contributed by atoms with Crippen LogP contribution in [0.2, 0.25) is 0 Å². The molecule has 0 aromatic heterocycles. The molecule has 3 rings (SSSR count). The van der Waals surface area contributed by atoms with E-state index in [-0.39, 0.29) is 5.91 Å². The van der Waals surface area contributed by atoms with Gasteiger partial charge in [0.2, 0.25) is 0 Å². The van der Waals surface area contributed by atoms with E-state index in [4.69, 9.17) is 0 Å². The Bertz CT molecular complexity index is 576. The van der Waals surface area contributed by atoms with Crippen molar-refractivity contribution in [3.63, 3.8) is 0 Å². The van der Waals surface area contributed by atoms with Crippen molar-refractivity contribution >= 4 is 29.1 Å². The Labute approximate surface area is 116 Å². The fraction of sp³-hybridized carbons (Fsp3) is 0.286. The SMILES string of the molecule is CS/C(=C1/C(=O)N(c2ccccc2)N=C1C)N1CC1. The van der Waals surface area contributed by atoms with Crippen LogP contribution in [0.5, 0.6) is 0 Å². The normalized spacial score (nSPS) is 20.7. The zero-order valence-electron chi connectivity index (χ0n) is 11.0. The van der Waals surface area contributed by atoms with E-state index in [9.17, 15) is 4.79 Å². The standard InChI is InChI=1S/C14H15N3OS/c1-10-12(14(19-2)16-8-9-16)13(18)17(15-10)11-6-4-3-5-7-11/h3-7H,8-9H2,1-2H3/b14-12+. The molecular weight excluding hydrogens is 258 g/mol. The van der Waals surface area contributed by atoms with E-state index in [1.165, 1.54) is 5.01 Å². The first kappa shape index (κ1) is 12.3. The summed E-state index contributed by atoms with van der Waals surface area (Å²) in [5.41, 5.74) is 2.35. The number of rotatable bonds is 3. The lowest BCUT2D eigenvalue weighted by Crippen LogP contribution is -2.22. The number of amides is 1. The third kappa shape index (κ3) is 2.14. The predicted molar refractivity (Wildman–Crippen MR) is 79.2 cm³/mol. The molecule has 0 N–H and O–H groups in total. The number of nitrogens with zero attached hydrogens (tertiary/aromatic N) is 3. The van der Waals surface area contributed by atoms with Crippen LogP contribution in [-0.2, 0) is 4.79 Å². The second-order valence-corrected chi connectivity index (χ2v) is 5.30. The van der Waals surface area contributed by atoms with Gasteiger partial charge < -0.3 is 4.90 Å². The van der Waals surface area contributed by atoms with Gasteiger partial charge in [-0.15, -0.1) is 11.8 Å². The van der Waals surface area contributed by atoms with E-state index in [0.29, 0.717) is 0 Å². The second-order valence-electron chi connectivity index (χ2n) is 4.51. The van der Waals surface area contributed by atoms with Gasteiger partial charge in [-0.1, -0.05) is 18.2 Å². The topological polar surface area (TPSA) is 35.7 Å². The van der Waals surface area contributed by atoms with Crippen molar-refractivity contribution in [2.75, 3.05) is 24.4 Å². The van der Waals surface area contributed by atoms with Crippen LogP contribution in [0.25, 0.3) is 0 Å². The molecule has 0 aliphatic carbocycles. The summed E-state index contributed by atoms with van der Waals surface area (Å²) >= 11 is 1.62. The number of hydrazone groups is 1. The van der Waals surface area contributed by atoms with E-state index in [1.807, 2.05) is 43.5 Å². The quantitative estimate of drug-likeness (QED) is 0.626. The molecule has 0 atom stereocenters. The van der Waals surface area contributed by atoms with Crippen molar-refractivity contribution in [2.45, 2.75) is 6.92 Å². The molecule has 1 aromatic rings. The van der Waals surface area contributed by atoms with E-state index in [2.05, 4.69) is 10.0 Å². The molecule has 1 amide bonds. The molecule has 0 spiro atoms. The summed E-state index contributed by atoms with van der Waals surface area (Å²) in [6, 6.07) is 9.55. The molecule has 19 heavy (non-hydrogen) atoms. The number of anilines is 1. The van der Waals surface area contributed by atoms with Gasteiger partial charge in [0, 0.05) is 13.1 Å². The van der Waals surface area contributed by atoms with Gasteiger partial charge in [-0.25, -0.2) is 0 Å². The summed E-state index contributed by atoms with van der Waals surface area (Å²) < 4.78 is 0. The molecule has 4 nitrogen and oxygen atoms in total. The Hall–Kier alpha value is -1.75. The van der Waals surface area contributed by atoms with Gasteiger partial charge in [-0.2, -0.15) is 10.1 Å². The average molecular weight is 273 g/mol. The third-order valence-corrected chi connectivity index (χ3v) is 4.01. The van der Waals surface area contributed by atoms with Crippen LogP contribution in [-0.4, -0.2) is 35.9 Å². The van der Waals surface area contributed by atoms with Gasteiger partial charge >= 0.3 is 0 Å². The molecule has 0 saturated carbocycles. The number of thioether (sulfide) groups is 1. The Morgan fingerprint density at radius 1 is 1.26 bits per heavy atom. The van der Waals surface area contributed by atoms with Crippen LogP contribution in [0.3, 0.4) is 0 Å². The van der Waals surface area contributed by atoms with Crippen molar-refractivity contribution < 1.29 is 4.79 Å². The van der Waals surface area contributed by atoms with Crippen LogP contribution in [0.15, 0.2) is 46.0 Å². The lowest BCUT2D eigenvalue weighted by atomic mass is 10.2. The molecule has 0 radical (unpaired) electrons. The monoisotopic (exact) mass is 273 g/mol. The molecule has 1 fully saturated rings. The highest BCUT2D eigenvalue weighted by Gasteiger charge is 2.35. The van der Waals surface area contributed by atoms with Crippen LogP contribution in [0.1, 0.15) is 6.92 Å². The highest BCUT2D eigenvalue weighted by molar-refractivity contribution is 8.02. The first-order valence-electron chi connectivity index (χ1n) is 6.20. The number of hydrogen-bond acceptors (Lipinski definition) is 4. The Kier molecular flexibility index (Phi) is 3.06. The maximum absolute atomic E-state index is 12.6. The molecule has 98 valence electrons. The number of para-hydroxylation sites is 1. The highest BCUT2D eigenvalue weighted by Crippen LogP contribution is 2.33. The van der Waals surface area contributed by atoms with Gasteiger partial charge in [-0.3, -0.25) is 4.79 Å². The molecular formula is C14H15N3OS. The second kappa shape index (κ2) is 4.74. The van der Waals surface area contributed by atoms with Gasteiger partial charge in [0.25, 0.3) is 5.91 Å². The molecule has 5 heteroatoms. The number of hydrogen-bond donors (Lipinski definition) is 0. The Balaban J connectivity index is 2.00. The number of benzene rings is 1. The van der Waals surface area contributed by atoms with Crippen molar-refractivity contribution in [3.8, 4) is 0 Å². The van der Waals surface area contributed by atoms with Gasteiger partial charge in [0.15, 0.2) is 0 Å².